The quantitative estimate of drug-likeness (QED) is 0.644. The Hall–Kier alpha value is -2.24. The Morgan fingerprint density at radius 2 is 1.42 bits per heavy atom. The molecule has 1 aromatic rings. The molecule has 6 heteroatoms. The fourth-order valence-electron chi connectivity index (χ4n) is 3.35. The van der Waals surface area contributed by atoms with E-state index in [1.54, 1.807) is 0 Å². The molecule has 2 aliphatic carbocycles. The van der Waals surface area contributed by atoms with Gasteiger partial charge < -0.3 is 21.3 Å². The first-order chi connectivity index (χ1) is 12.5. The Morgan fingerprint density at radius 3 is 2.00 bits per heavy atom. The number of benzene rings is 1. The molecule has 2 aliphatic rings. The molecule has 1 aromatic carbocycles. The zero-order valence-electron chi connectivity index (χ0n) is 15.7. The maximum atomic E-state index is 12.2. The van der Waals surface area contributed by atoms with Gasteiger partial charge in [0.25, 0.3) is 0 Å². The highest BCUT2D eigenvalue weighted by molar-refractivity contribution is 5.89. The van der Waals surface area contributed by atoms with Crippen LogP contribution in [0, 0.1) is 5.92 Å². The minimum Gasteiger partial charge on any atom is -0.335 e. The molecule has 0 spiro atoms. The molecule has 6 nitrogen and oxygen atoms in total. The van der Waals surface area contributed by atoms with E-state index >= 15 is 0 Å². The second kappa shape index (κ2) is 8.43. The predicted octanol–water partition coefficient (Wildman–Crippen LogP) is 3.91. The lowest BCUT2D eigenvalue weighted by atomic mass is 9.87. The highest BCUT2D eigenvalue weighted by Crippen LogP contribution is 2.23. The Kier molecular flexibility index (Phi) is 6.01. The van der Waals surface area contributed by atoms with Gasteiger partial charge in [0.15, 0.2) is 0 Å². The number of anilines is 1. The summed E-state index contributed by atoms with van der Waals surface area (Å²) in [5, 5.41) is 11.8. The van der Waals surface area contributed by atoms with Gasteiger partial charge in [-0.3, -0.25) is 0 Å². The normalized spacial score (nSPS) is 23.6. The van der Waals surface area contributed by atoms with Gasteiger partial charge >= 0.3 is 12.1 Å². The number of carbonyl (C=O) groups excluding carboxylic acids is 2. The molecule has 0 saturated heterocycles. The molecular weight excluding hydrogens is 328 g/mol. The van der Waals surface area contributed by atoms with E-state index in [9.17, 15) is 9.59 Å². The van der Waals surface area contributed by atoms with E-state index in [0.717, 1.165) is 42.9 Å². The number of amides is 4. The SMILES string of the molecule is CC1CCC(NC(=O)NC(C)c2ccc(NC(=O)NC3CC3)cc2)CC1. The topological polar surface area (TPSA) is 82.3 Å². The summed E-state index contributed by atoms with van der Waals surface area (Å²) in [6, 6.07) is 7.85. The van der Waals surface area contributed by atoms with E-state index in [1.165, 1.54) is 12.8 Å². The largest absolute Gasteiger partial charge is 0.335 e. The molecule has 142 valence electrons. The van der Waals surface area contributed by atoms with Crippen molar-refractivity contribution in [2.24, 2.45) is 5.92 Å². The first kappa shape index (κ1) is 18.5. The fraction of sp³-hybridized carbons (Fsp3) is 0.600. The highest BCUT2D eigenvalue weighted by atomic mass is 16.2. The first-order valence-electron chi connectivity index (χ1n) is 9.74. The van der Waals surface area contributed by atoms with Gasteiger partial charge in [-0.15, -0.1) is 0 Å². The summed E-state index contributed by atoms with van der Waals surface area (Å²) in [4.78, 5) is 24.0. The van der Waals surface area contributed by atoms with Crippen LogP contribution in [-0.4, -0.2) is 24.1 Å². The van der Waals surface area contributed by atoms with Crippen molar-refractivity contribution < 1.29 is 9.59 Å². The van der Waals surface area contributed by atoms with E-state index in [2.05, 4.69) is 28.2 Å². The maximum absolute atomic E-state index is 12.2. The zero-order valence-corrected chi connectivity index (χ0v) is 15.7. The van der Waals surface area contributed by atoms with Crippen LogP contribution >= 0.6 is 0 Å². The van der Waals surface area contributed by atoms with Gasteiger partial charge in [0.05, 0.1) is 6.04 Å². The number of rotatable bonds is 5. The summed E-state index contributed by atoms with van der Waals surface area (Å²) in [5.74, 6) is 0.772. The first-order valence-corrected chi connectivity index (χ1v) is 9.74. The van der Waals surface area contributed by atoms with Crippen molar-refractivity contribution in [1.82, 2.24) is 16.0 Å². The summed E-state index contributed by atoms with van der Waals surface area (Å²) >= 11 is 0. The van der Waals surface area contributed by atoms with Gasteiger partial charge in [-0.1, -0.05) is 19.1 Å². The highest BCUT2D eigenvalue weighted by Gasteiger charge is 2.23. The van der Waals surface area contributed by atoms with Gasteiger partial charge in [-0.05, 0) is 69.1 Å². The van der Waals surface area contributed by atoms with Crippen LogP contribution in [0.25, 0.3) is 0 Å². The fourth-order valence-corrected chi connectivity index (χ4v) is 3.35. The second-order valence-electron chi connectivity index (χ2n) is 7.79. The smallest absolute Gasteiger partial charge is 0.319 e. The maximum Gasteiger partial charge on any atom is 0.319 e. The molecule has 4 N–H and O–H groups in total. The molecule has 4 amide bonds. The number of hydrogen-bond donors (Lipinski definition) is 4. The summed E-state index contributed by atoms with van der Waals surface area (Å²) in [6.45, 7) is 4.23. The average Bonchev–Trinajstić information content (AvgIpc) is 3.41. The zero-order chi connectivity index (χ0) is 18.5. The number of urea groups is 2. The van der Waals surface area contributed by atoms with Gasteiger partial charge in [-0.2, -0.15) is 0 Å². The molecule has 0 radical (unpaired) electrons. The summed E-state index contributed by atoms with van der Waals surface area (Å²) < 4.78 is 0. The van der Waals surface area contributed by atoms with Crippen LogP contribution in [0.15, 0.2) is 24.3 Å². The molecule has 26 heavy (non-hydrogen) atoms. The van der Waals surface area contributed by atoms with Crippen molar-refractivity contribution in [2.45, 2.75) is 70.5 Å². The Bertz CT molecular complexity index is 619. The lowest BCUT2D eigenvalue weighted by molar-refractivity contribution is 0.225. The molecule has 0 bridgehead atoms. The Balaban J connectivity index is 1.44. The molecule has 0 aromatic heterocycles. The minimum atomic E-state index is -0.160. The third-order valence-corrected chi connectivity index (χ3v) is 5.28. The van der Waals surface area contributed by atoms with Crippen LogP contribution in [-0.2, 0) is 0 Å². The van der Waals surface area contributed by atoms with E-state index in [4.69, 9.17) is 0 Å². The summed E-state index contributed by atoms with van der Waals surface area (Å²) in [6.07, 6.45) is 6.63. The van der Waals surface area contributed by atoms with Crippen LogP contribution in [0.1, 0.15) is 64.0 Å². The Morgan fingerprint density at radius 1 is 0.885 bits per heavy atom. The van der Waals surface area contributed by atoms with Crippen LogP contribution in [0.2, 0.25) is 0 Å². The molecule has 0 aliphatic heterocycles. The molecule has 2 fully saturated rings. The van der Waals surface area contributed by atoms with E-state index < -0.39 is 0 Å². The number of carbonyl (C=O) groups is 2. The number of nitrogens with one attached hydrogen (secondary N) is 4. The average molecular weight is 358 g/mol. The van der Waals surface area contributed by atoms with Gasteiger partial charge in [0.1, 0.15) is 0 Å². The van der Waals surface area contributed by atoms with E-state index in [0.29, 0.717) is 6.04 Å². The number of hydrogen-bond acceptors (Lipinski definition) is 2. The van der Waals surface area contributed by atoms with Crippen molar-refractivity contribution in [1.29, 1.82) is 0 Å². The van der Waals surface area contributed by atoms with E-state index in [-0.39, 0.29) is 24.1 Å². The lowest BCUT2D eigenvalue weighted by Crippen LogP contribution is -2.44. The van der Waals surface area contributed by atoms with Crippen LogP contribution in [0.5, 0.6) is 0 Å². The lowest BCUT2D eigenvalue weighted by Gasteiger charge is -2.27. The van der Waals surface area contributed by atoms with Gasteiger partial charge in [-0.25, -0.2) is 9.59 Å². The van der Waals surface area contributed by atoms with Crippen molar-refractivity contribution >= 4 is 17.7 Å². The molecular formula is C20H30N4O2. The summed E-state index contributed by atoms with van der Waals surface area (Å²) in [7, 11) is 0. The van der Waals surface area contributed by atoms with Gasteiger partial charge in [0, 0.05) is 17.8 Å². The Labute approximate surface area is 155 Å². The van der Waals surface area contributed by atoms with Crippen molar-refractivity contribution in [3.63, 3.8) is 0 Å². The van der Waals surface area contributed by atoms with Crippen LogP contribution < -0.4 is 21.3 Å². The molecule has 3 rings (SSSR count). The third-order valence-electron chi connectivity index (χ3n) is 5.28. The predicted molar refractivity (Wildman–Crippen MR) is 103 cm³/mol. The molecule has 1 unspecified atom stereocenters. The second-order valence-corrected chi connectivity index (χ2v) is 7.79. The minimum absolute atomic E-state index is 0.0909. The van der Waals surface area contributed by atoms with Crippen molar-refractivity contribution in [2.75, 3.05) is 5.32 Å². The van der Waals surface area contributed by atoms with Crippen LogP contribution in [0.4, 0.5) is 15.3 Å². The summed E-state index contributed by atoms with van der Waals surface area (Å²) in [5.41, 5.74) is 1.76. The third kappa shape index (κ3) is 5.64. The van der Waals surface area contributed by atoms with E-state index in [1.807, 2.05) is 31.2 Å². The molecule has 2 saturated carbocycles. The molecule has 0 heterocycles. The van der Waals surface area contributed by atoms with Crippen molar-refractivity contribution in [3.8, 4) is 0 Å². The molecule has 1 atom stereocenters. The van der Waals surface area contributed by atoms with Crippen LogP contribution in [0.3, 0.4) is 0 Å². The van der Waals surface area contributed by atoms with Gasteiger partial charge in [0.2, 0.25) is 0 Å². The monoisotopic (exact) mass is 358 g/mol. The van der Waals surface area contributed by atoms with Crippen molar-refractivity contribution in [3.05, 3.63) is 29.8 Å². The standard InChI is InChI=1S/C20H30N4O2/c1-13-3-7-16(8-4-13)22-19(25)21-14(2)15-5-9-17(10-6-15)23-20(26)24-18-11-12-18/h5-6,9-10,13-14,16,18H,3-4,7-8,11-12H2,1-2H3,(H2,21,22,25)(H2,23,24,26).